The molecule has 0 aliphatic carbocycles. The summed E-state index contributed by atoms with van der Waals surface area (Å²) in [4.78, 5) is 10.4. The summed E-state index contributed by atoms with van der Waals surface area (Å²) < 4.78 is 37.1. The minimum Gasteiger partial charge on any atom is -0.482 e. The van der Waals surface area contributed by atoms with E-state index in [1.807, 2.05) is 0 Å². The molecular formula is C13H17NO6S. The first-order chi connectivity index (χ1) is 9.97. The molecule has 2 N–H and O–H groups in total. The summed E-state index contributed by atoms with van der Waals surface area (Å²) >= 11 is 0. The molecule has 0 aromatic heterocycles. The Kier molecular flexibility index (Phi) is 5.03. The van der Waals surface area contributed by atoms with E-state index >= 15 is 0 Å². The summed E-state index contributed by atoms with van der Waals surface area (Å²) in [5, 5.41) is 8.08. The maximum atomic E-state index is 12.2. The van der Waals surface area contributed by atoms with Crippen LogP contribution in [-0.4, -0.2) is 44.6 Å². The third-order valence-electron chi connectivity index (χ3n) is 3.06. The Morgan fingerprint density at radius 1 is 1.38 bits per heavy atom. The van der Waals surface area contributed by atoms with Crippen LogP contribution in [0.3, 0.4) is 0 Å². The third kappa shape index (κ3) is 4.61. The second-order valence-corrected chi connectivity index (χ2v) is 6.63. The van der Waals surface area contributed by atoms with Crippen molar-refractivity contribution < 1.29 is 27.8 Å². The average molecular weight is 315 g/mol. The number of carboxylic acid groups (broad SMARTS) is 1. The van der Waals surface area contributed by atoms with Gasteiger partial charge in [0.25, 0.3) is 0 Å². The summed E-state index contributed by atoms with van der Waals surface area (Å²) in [6, 6.07) is 6.21. The van der Waals surface area contributed by atoms with Crippen LogP contribution in [0, 0.1) is 0 Å². The summed E-state index contributed by atoms with van der Waals surface area (Å²) in [7, 11) is -3.49. The predicted octanol–water partition coefficient (Wildman–Crippen LogP) is 1.07. The highest BCUT2D eigenvalue weighted by Crippen LogP contribution is 2.22. The van der Waals surface area contributed by atoms with Crippen molar-refractivity contribution in [1.82, 2.24) is 0 Å². The van der Waals surface area contributed by atoms with Crippen molar-refractivity contribution in [2.24, 2.45) is 0 Å². The van der Waals surface area contributed by atoms with E-state index in [1.54, 1.807) is 18.2 Å². The van der Waals surface area contributed by atoms with Gasteiger partial charge in [0, 0.05) is 19.3 Å². The maximum absolute atomic E-state index is 12.2. The van der Waals surface area contributed by atoms with Gasteiger partial charge < -0.3 is 14.6 Å². The lowest BCUT2D eigenvalue weighted by Gasteiger charge is -2.22. The topological polar surface area (TPSA) is 102 Å². The van der Waals surface area contributed by atoms with Crippen molar-refractivity contribution in [2.75, 3.05) is 24.5 Å². The van der Waals surface area contributed by atoms with Crippen LogP contribution >= 0.6 is 0 Å². The quantitative estimate of drug-likeness (QED) is 0.814. The molecule has 8 heteroatoms. The highest BCUT2D eigenvalue weighted by atomic mass is 32.2. The lowest BCUT2D eigenvalue weighted by molar-refractivity contribution is -0.139. The second kappa shape index (κ2) is 6.77. The number of hydrogen-bond acceptors (Lipinski definition) is 5. The molecule has 0 atom stereocenters. The Labute approximate surface area is 122 Å². The van der Waals surface area contributed by atoms with E-state index < -0.39 is 27.8 Å². The second-order valence-electron chi connectivity index (χ2n) is 4.67. The molecule has 1 aromatic rings. The molecule has 0 amide bonds. The average Bonchev–Trinajstić information content (AvgIpc) is 2.46. The van der Waals surface area contributed by atoms with E-state index in [9.17, 15) is 13.2 Å². The van der Waals surface area contributed by atoms with Gasteiger partial charge in [0.2, 0.25) is 10.0 Å². The monoisotopic (exact) mass is 315 g/mol. The van der Waals surface area contributed by atoms with E-state index in [0.717, 1.165) is 0 Å². The lowest BCUT2D eigenvalue weighted by atomic mass is 10.2. The smallest absolute Gasteiger partial charge is 0.341 e. The normalized spacial score (nSPS) is 16.4. The molecule has 116 valence electrons. The number of benzene rings is 1. The molecule has 1 aliphatic rings. The van der Waals surface area contributed by atoms with Crippen LogP contribution in [0.5, 0.6) is 5.75 Å². The number of hydrogen-bond donors (Lipinski definition) is 2. The van der Waals surface area contributed by atoms with Crippen LogP contribution in [0.4, 0.5) is 5.69 Å². The molecule has 21 heavy (non-hydrogen) atoms. The zero-order chi connectivity index (χ0) is 15.3. The molecule has 1 heterocycles. The first-order valence-electron chi connectivity index (χ1n) is 6.51. The van der Waals surface area contributed by atoms with Gasteiger partial charge in [-0.1, -0.05) is 6.07 Å². The first-order valence-corrected chi connectivity index (χ1v) is 8.06. The molecule has 0 unspecified atom stereocenters. The van der Waals surface area contributed by atoms with Gasteiger partial charge in [0.05, 0.1) is 10.9 Å². The predicted molar refractivity (Wildman–Crippen MR) is 76.0 cm³/mol. The number of carbonyl (C=O) groups is 1. The number of nitrogens with one attached hydrogen (secondary N) is 1. The van der Waals surface area contributed by atoms with Gasteiger partial charge in [-0.2, -0.15) is 0 Å². The number of aliphatic carboxylic acids is 1. The number of rotatable bonds is 6. The van der Waals surface area contributed by atoms with Crippen LogP contribution < -0.4 is 9.46 Å². The van der Waals surface area contributed by atoms with E-state index in [2.05, 4.69) is 4.72 Å². The lowest BCUT2D eigenvalue weighted by Crippen LogP contribution is -2.33. The summed E-state index contributed by atoms with van der Waals surface area (Å²) in [5.41, 5.74) is 0.351. The first kappa shape index (κ1) is 15.6. The van der Waals surface area contributed by atoms with Gasteiger partial charge in [-0.05, 0) is 25.0 Å². The molecule has 1 aromatic carbocycles. The zero-order valence-corrected chi connectivity index (χ0v) is 12.1. The van der Waals surface area contributed by atoms with Gasteiger partial charge in [-0.25, -0.2) is 13.2 Å². The van der Waals surface area contributed by atoms with Gasteiger partial charge >= 0.3 is 5.97 Å². The number of anilines is 1. The Bertz CT molecular complexity index is 594. The fourth-order valence-electron chi connectivity index (χ4n) is 2.03. The molecule has 0 saturated carbocycles. The highest BCUT2D eigenvalue weighted by Gasteiger charge is 2.27. The third-order valence-corrected chi connectivity index (χ3v) is 4.93. The van der Waals surface area contributed by atoms with E-state index in [-0.39, 0.29) is 0 Å². The standard InChI is InChI=1S/C13H17NO6S/c15-13(16)9-20-11-3-1-2-10(8-11)14-21(17,18)12-4-6-19-7-5-12/h1-3,8,12,14H,4-7,9H2,(H,15,16). The van der Waals surface area contributed by atoms with E-state index in [1.165, 1.54) is 6.07 Å². The van der Waals surface area contributed by atoms with Crippen LogP contribution in [0.2, 0.25) is 0 Å². The van der Waals surface area contributed by atoms with Crippen molar-refractivity contribution in [1.29, 1.82) is 0 Å². The van der Waals surface area contributed by atoms with Gasteiger partial charge in [-0.15, -0.1) is 0 Å². The van der Waals surface area contributed by atoms with Crippen molar-refractivity contribution in [3.63, 3.8) is 0 Å². The fourth-order valence-corrected chi connectivity index (χ4v) is 3.46. The molecule has 0 radical (unpaired) electrons. The van der Waals surface area contributed by atoms with Crippen LogP contribution in [-0.2, 0) is 19.6 Å². The molecule has 0 bridgehead atoms. The van der Waals surface area contributed by atoms with Crippen LogP contribution in [0.1, 0.15) is 12.8 Å². The molecular weight excluding hydrogens is 298 g/mol. The summed E-state index contributed by atoms with van der Waals surface area (Å²) in [5.74, 6) is -0.798. The van der Waals surface area contributed by atoms with Gasteiger partial charge in [-0.3, -0.25) is 4.72 Å². The molecule has 0 spiro atoms. The SMILES string of the molecule is O=C(O)COc1cccc(NS(=O)(=O)C2CCOCC2)c1. The van der Waals surface area contributed by atoms with E-state index in [0.29, 0.717) is 37.5 Å². The molecule has 2 rings (SSSR count). The Hall–Kier alpha value is -1.80. The Balaban J connectivity index is 2.04. The Morgan fingerprint density at radius 2 is 2.10 bits per heavy atom. The molecule has 7 nitrogen and oxygen atoms in total. The zero-order valence-electron chi connectivity index (χ0n) is 11.3. The highest BCUT2D eigenvalue weighted by molar-refractivity contribution is 7.93. The minimum absolute atomic E-state index is 0.296. The largest absolute Gasteiger partial charge is 0.482 e. The fraction of sp³-hybridized carbons (Fsp3) is 0.462. The van der Waals surface area contributed by atoms with E-state index in [4.69, 9.17) is 14.6 Å². The number of sulfonamides is 1. The minimum atomic E-state index is -3.49. The van der Waals surface area contributed by atoms with Gasteiger partial charge in [0.1, 0.15) is 5.75 Å². The molecule has 1 fully saturated rings. The van der Waals surface area contributed by atoms with Crippen LogP contribution in [0.25, 0.3) is 0 Å². The molecule has 1 aliphatic heterocycles. The Morgan fingerprint density at radius 3 is 2.76 bits per heavy atom. The van der Waals surface area contributed by atoms with Gasteiger partial charge in [0.15, 0.2) is 6.61 Å². The number of carboxylic acids is 1. The molecule has 1 saturated heterocycles. The van der Waals surface area contributed by atoms with Crippen molar-refractivity contribution in [3.05, 3.63) is 24.3 Å². The maximum Gasteiger partial charge on any atom is 0.341 e. The van der Waals surface area contributed by atoms with Crippen molar-refractivity contribution in [2.45, 2.75) is 18.1 Å². The summed E-state index contributed by atoms with van der Waals surface area (Å²) in [6.07, 6.45) is 0.926. The van der Waals surface area contributed by atoms with Crippen molar-refractivity contribution in [3.8, 4) is 5.75 Å². The summed E-state index contributed by atoms with van der Waals surface area (Å²) in [6.45, 7) is 0.400. The van der Waals surface area contributed by atoms with Crippen LogP contribution in [0.15, 0.2) is 24.3 Å². The van der Waals surface area contributed by atoms with Crippen molar-refractivity contribution >= 4 is 21.7 Å². The number of ether oxygens (including phenoxy) is 2.